The summed E-state index contributed by atoms with van der Waals surface area (Å²) in [6, 6.07) is 9.93. The summed E-state index contributed by atoms with van der Waals surface area (Å²) >= 11 is 0. The van der Waals surface area contributed by atoms with E-state index in [1.807, 2.05) is 17.0 Å². The number of hydrogen-bond acceptors (Lipinski definition) is 7. The number of carbonyl (C=O) groups is 1. The standard InChI is InChI=1S/C21H23N7O/c1-2-16-4-6-18(7-5-16)26-20-24-14-17(15-25-20)19(29)27-10-12-28(13-11-27)21-22-8-3-9-23-21/h3-9,14-15H,2,10-13H2,1H3,(H,24,25,26). The third-order valence-corrected chi connectivity index (χ3v) is 4.92. The van der Waals surface area contributed by atoms with E-state index >= 15 is 0 Å². The number of carbonyl (C=O) groups excluding carboxylic acids is 1. The highest BCUT2D eigenvalue weighted by Gasteiger charge is 2.23. The van der Waals surface area contributed by atoms with Crippen molar-refractivity contribution in [2.75, 3.05) is 36.4 Å². The summed E-state index contributed by atoms with van der Waals surface area (Å²) in [7, 11) is 0. The summed E-state index contributed by atoms with van der Waals surface area (Å²) in [6.45, 7) is 4.74. The molecule has 2 aromatic heterocycles. The summed E-state index contributed by atoms with van der Waals surface area (Å²) in [5.74, 6) is 1.11. The van der Waals surface area contributed by atoms with Crippen LogP contribution < -0.4 is 10.2 Å². The third-order valence-electron chi connectivity index (χ3n) is 4.92. The van der Waals surface area contributed by atoms with Crippen LogP contribution in [0.5, 0.6) is 0 Å². The molecular formula is C21H23N7O. The zero-order valence-electron chi connectivity index (χ0n) is 16.3. The molecule has 1 saturated heterocycles. The maximum Gasteiger partial charge on any atom is 0.257 e. The second kappa shape index (κ2) is 8.64. The van der Waals surface area contributed by atoms with Gasteiger partial charge in [0, 0.05) is 56.7 Å². The maximum absolute atomic E-state index is 12.8. The number of benzene rings is 1. The molecule has 0 aliphatic carbocycles. The first kappa shape index (κ1) is 18.8. The highest BCUT2D eigenvalue weighted by molar-refractivity contribution is 5.93. The molecule has 0 bridgehead atoms. The van der Waals surface area contributed by atoms with Crippen molar-refractivity contribution in [3.63, 3.8) is 0 Å². The molecule has 1 aromatic carbocycles. The van der Waals surface area contributed by atoms with Gasteiger partial charge in [-0.2, -0.15) is 0 Å². The summed E-state index contributed by atoms with van der Waals surface area (Å²) in [6.07, 6.45) is 7.60. The Balaban J connectivity index is 1.34. The van der Waals surface area contributed by atoms with Gasteiger partial charge in [-0.05, 0) is 30.2 Å². The largest absolute Gasteiger partial charge is 0.337 e. The van der Waals surface area contributed by atoms with E-state index in [1.165, 1.54) is 5.56 Å². The van der Waals surface area contributed by atoms with Gasteiger partial charge in [-0.1, -0.05) is 19.1 Å². The lowest BCUT2D eigenvalue weighted by Crippen LogP contribution is -2.49. The SMILES string of the molecule is CCc1ccc(Nc2ncc(C(=O)N3CCN(c4ncccn4)CC3)cn2)cc1. The first-order chi connectivity index (χ1) is 14.2. The third kappa shape index (κ3) is 4.48. The second-order valence-corrected chi connectivity index (χ2v) is 6.80. The lowest BCUT2D eigenvalue weighted by atomic mass is 10.1. The Morgan fingerprint density at radius 1 is 0.966 bits per heavy atom. The molecule has 0 unspecified atom stereocenters. The van der Waals surface area contributed by atoms with E-state index in [0.29, 0.717) is 43.6 Å². The normalized spacial score (nSPS) is 14.0. The van der Waals surface area contributed by atoms with Crippen LogP contribution in [0.1, 0.15) is 22.8 Å². The van der Waals surface area contributed by atoms with Crippen LogP contribution in [0.15, 0.2) is 55.1 Å². The van der Waals surface area contributed by atoms with Crippen LogP contribution in [0.2, 0.25) is 0 Å². The lowest BCUT2D eigenvalue weighted by molar-refractivity contribution is 0.0745. The van der Waals surface area contributed by atoms with Crippen molar-refractivity contribution in [2.45, 2.75) is 13.3 Å². The van der Waals surface area contributed by atoms with Gasteiger partial charge >= 0.3 is 0 Å². The van der Waals surface area contributed by atoms with Gasteiger partial charge in [-0.25, -0.2) is 19.9 Å². The van der Waals surface area contributed by atoms with Crippen molar-refractivity contribution < 1.29 is 4.79 Å². The molecule has 4 rings (SSSR count). The monoisotopic (exact) mass is 389 g/mol. The first-order valence-corrected chi connectivity index (χ1v) is 9.72. The number of aryl methyl sites for hydroxylation is 1. The molecule has 148 valence electrons. The molecule has 1 N–H and O–H groups in total. The number of aromatic nitrogens is 4. The van der Waals surface area contributed by atoms with Crippen molar-refractivity contribution in [2.24, 2.45) is 0 Å². The molecule has 0 spiro atoms. The van der Waals surface area contributed by atoms with E-state index in [1.54, 1.807) is 30.9 Å². The lowest BCUT2D eigenvalue weighted by Gasteiger charge is -2.34. The molecule has 1 aliphatic heterocycles. The molecule has 1 fully saturated rings. The number of hydrogen-bond donors (Lipinski definition) is 1. The predicted octanol–water partition coefficient (Wildman–Crippen LogP) is 2.54. The number of amides is 1. The summed E-state index contributed by atoms with van der Waals surface area (Å²) in [5.41, 5.74) is 2.68. The molecular weight excluding hydrogens is 366 g/mol. The fraction of sp³-hybridized carbons (Fsp3) is 0.286. The Morgan fingerprint density at radius 2 is 1.62 bits per heavy atom. The quantitative estimate of drug-likeness (QED) is 0.717. The van der Waals surface area contributed by atoms with Gasteiger partial charge in [0.25, 0.3) is 5.91 Å². The minimum absolute atomic E-state index is 0.0579. The van der Waals surface area contributed by atoms with Crippen LogP contribution in [0.4, 0.5) is 17.6 Å². The van der Waals surface area contributed by atoms with E-state index in [2.05, 4.69) is 49.2 Å². The van der Waals surface area contributed by atoms with Crippen molar-refractivity contribution in [3.05, 3.63) is 66.2 Å². The Kier molecular flexibility index (Phi) is 5.60. The van der Waals surface area contributed by atoms with Crippen LogP contribution in [-0.2, 0) is 6.42 Å². The number of anilines is 3. The molecule has 29 heavy (non-hydrogen) atoms. The zero-order chi connectivity index (χ0) is 20.1. The highest BCUT2D eigenvalue weighted by atomic mass is 16.2. The second-order valence-electron chi connectivity index (χ2n) is 6.80. The molecule has 0 radical (unpaired) electrons. The van der Waals surface area contributed by atoms with Crippen LogP contribution in [-0.4, -0.2) is 56.9 Å². The van der Waals surface area contributed by atoms with E-state index in [0.717, 1.165) is 12.1 Å². The van der Waals surface area contributed by atoms with Crippen molar-refractivity contribution >= 4 is 23.5 Å². The summed E-state index contributed by atoms with van der Waals surface area (Å²) in [4.78, 5) is 33.8. The molecule has 8 nitrogen and oxygen atoms in total. The Hall–Kier alpha value is -3.55. The van der Waals surface area contributed by atoms with Crippen molar-refractivity contribution in [1.82, 2.24) is 24.8 Å². The van der Waals surface area contributed by atoms with Crippen molar-refractivity contribution in [1.29, 1.82) is 0 Å². The molecule has 0 saturated carbocycles. The summed E-state index contributed by atoms with van der Waals surface area (Å²) < 4.78 is 0. The van der Waals surface area contributed by atoms with Gasteiger partial charge < -0.3 is 15.1 Å². The summed E-state index contributed by atoms with van der Waals surface area (Å²) in [5, 5.41) is 3.16. The van der Waals surface area contributed by atoms with Gasteiger partial charge in [-0.15, -0.1) is 0 Å². The minimum Gasteiger partial charge on any atom is -0.337 e. The van der Waals surface area contributed by atoms with Gasteiger partial charge in [0.2, 0.25) is 11.9 Å². The maximum atomic E-state index is 12.8. The van der Waals surface area contributed by atoms with Crippen LogP contribution >= 0.6 is 0 Å². The fourth-order valence-corrected chi connectivity index (χ4v) is 3.20. The van der Waals surface area contributed by atoms with Crippen LogP contribution in [0.3, 0.4) is 0 Å². The van der Waals surface area contributed by atoms with E-state index in [-0.39, 0.29) is 5.91 Å². The predicted molar refractivity (Wildman–Crippen MR) is 111 cm³/mol. The number of nitrogens with zero attached hydrogens (tertiary/aromatic N) is 6. The van der Waals surface area contributed by atoms with Crippen LogP contribution in [0.25, 0.3) is 0 Å². The Bertz CT molecular complexity index is 937. The molecule has 1 aliphatic rings. The van der Waals surface area contributed by atoms with Gasteiger partial charge in [0.05, 0.1) is 5.56 Å². The Labute approximate surface area is 169 Å². The van der Waals surface area contributed by atoms with Gasteiger partial charge in [-0.3, -0.25) is 4.79 Å². The zero-order valence-corrected chi connectivity index (χ0v) is 16.3. The molecule has 3 heterocycles. The highest BCUT2D eigenvalue weighted by Crippen LogP contribution is 2.15. The van der Waals surface area contributed by atoms with Gasteiger partial charge in [0.1, 0.15) is 0 Å². The molecule has 3 aromatic rings. The minimum atomic E-state index is -0.0579. The average Bonchev–Trinajstić information content (AvgIpc) is 2.80. The van der Waals surface area contributed by atoms with Crippen LogP contribution in [0, 0.1) is 0 Å². The molecule has 8 heteroatoms. The van der Waals surface area contributed by atoms with E-state index in [9.17, 15) is 4.79 Å². The molecule has 1 amide bonds. The van der Waals surface area contributed by atoms with Gasteiger partial charge in [0.15, 0.2) is 0 Å². The Morgan fingerprint density at radius 3 is 2.24 bits per heavy atom. The fourth-order valence-electron chi connectivity index (χ4n) is 3.20. The van der Waals surface area contributed by atoms with Crippen molar-refractivity contribution in [3.8, 4) is 0 Å². The topological polar surface area (TPSA) is 87.1 Å². The molecule has 0 atom stereocenters. The van der Waals surface area contributed by atoms with E-state index < -0.39 is 0 Å². The number of rotatable bonds is 5. The number of piperazine rings is 1. The van der Waals surface area contributed by atoms with E-state index in [4.69, 9.17) is 0 Å². The average molecular weight is 389 g/mol. The first-order valence-electron chi connectivity index (χ1n) is 9.72. The number of nitrogens with one attached hydrogen (secondary N) is 1. The smallest absolute Gasteiger partial charge is 0.257 e.